The molecule has 0 aliphatic carbocycles. The summed E-state index contributed by atoms with van der Waals surface area (Å²) in [6.07, 6.45) is 3.13. The molecule has 3 aliphatic heterocycles. The molecule has 0 radical (unpaired) electrons. The number of rotatable bonds is 5. The lowest BCUT2D eigenvalue weighted by Gasteiger charge is -2.47. The Balaban J connectivity index is 1.48. The van der Waals surface area contributed by atoms with Crippen molar-refractivity contribution in [2.45, 2.75) is 6.04 Å². The van der Waals surface area contributed by atoms with Gasteiger partial charge in [0, 0.05) is 63.5 Å². The molecule has 0 spiro atoms. The van der Waals surface area contributed by atoms with Crippen LogP contribution in [0.1, 0.15) is 5.56 Å². The monoisotopic (exact) mass is 316 g/mol. The molecule has 122 valence electrons. The maximum atomic E-state index is 11.9. The van der Waals surface area contributed by atoms with Crippen LogP contribution in [0.2, 0.25) is 0 Å². The first kappa shape index (κ1) is 15.6. The first-order chi connectivity index (χ1) is 11.1. The second-order valence-electron chi connectivity index (χ2n) is 5.92. The number of benzene rings is 1. The minimum Gasteiger partial charge on any atom is -0.351 e. The summed E-state index contributed by atoms with van der Waals surface area (Å²) in [6.45, 7) is 6.10. The largest absolute Gasteiger partial charge is 0.351 e. The van der Waals surface area contributed by atoms with E-state index in [2.05, 4.69) is 15.1 Å². The van der Waals surface area contributed by atoms with Crippen LogP contribution in [0.4, 0.5) is 5.69 Å². The Morgan fingerprint density at radius 3 is 2.52 bits per heavy atom. The molecule has 23 heavy (non-hydrogen) atoms. The van der Waals surface area contributed by atoms with Crippen LogP contribution >= 0.6 is 0 Å². The van der Waals surface area contributed by atoms with Crippen molar-refractivity contribution in [3.8, 4) is 0 Å². The summed E-state index contributed by atoms with van der Waals surface area (Å²) in [5.41, 5.74) is 0.806. The lowest BCUT2D eigenvalue weighted by Crippen LogP contribution is -2.63. The number of carbonyl (C=O) groups excluding carboxylic acids is 1. The highest BCUT2D eigenvalue weighted by atomic mass is 16.6. The average molecular weight is 316 g/mol. The average Bonchev–Trinajstić information content (AvgIpc) is 2.59. The van der Waals surface area contributed by atoms with Crippen molar-refractivity contribution >= 4 is 17.7 Å². The van der Waals surface area contributed by atoms with Gasteiger partial charge in [-0.2, -0.15) is 0 Å². The summed E-state index contributed by atoms with van der Waals surface area (Å²) >= 11 is 0. The highest BCUT2D eigenvalue weighted by molar-refractivity contribution is 5.91. The zero-order chi connectivity index (χ0) is 16.2. The quantitative estimate of drug-likeness (QED) is 0.492. The smallest absolute Gasteiger partial charge is 0.269 e. The van der Waals surface area contributed by atoms with Crippen LogP contribution in [0, 0.1) is 10.1 Å². The van der Waals surface area contributed by atoms with E-state index < -0.39 is 4.92 Å². The number of hydrogen-bond acceptors (Lipinski definition) is 5. The fourth-order valence-corrected chi connectivity index (χ4v) is 3.07. The molecule has 1 atom stereocenters. The van der Waals surface area contributed by atoms with Gasteiger partial charge >= 0.3 is 0 Å². The Bertz CT molecular complexity index is 606. The molecule has 1 N–H and O–H groups in total. The number of amides is 1. The minimum atomic E-state index is -0.441. The number of piperazine rings is 3. The molecule has 1 amide bonds. The zero-order valence-corrected chi connectivity index (χ0v) is 12.9. The van der Waals surface area contributed by atoms with E-state index in [-0.39, 0.29) is 11.6 Å². The Kier molecular flexibility index (Phi) is 4.68. The molecule has 0 saturated carbocycles. The van der Waals surface area contributed by atoms with Crippen LogP contribution in [0.3, 0.4) is 0 Å². The van der Waals surface area contributed by atoms with Crippen LogP contribution in [-0.4, -0.2) is 65.9 Å². The predicted molar refractivity (Wildman–Crippen MR) is 86.9 cm³/mol. The second-order valence-corrected chi connectivity index (χ2v) is 5.92. The third kappa shape index (κ3) is 3.94. The highest BCUT2D eigenvalue weighted by Crippen LogP contribution is 2.15. The molecule has 1 aromatic carbocycles. The summed E-state index contributed by atoms with van der Waals surface area (Å²) in [6, 6.07) is 6.51. The molecule has 2 bridgehead atoms. The molecule has 3 fully saturated rings. The molecule has 4 rings (SSSR count). The first-order valence-corrected chi connectivity index (χ1v) is 7.78. The molecule has 0 aromatic heterocycles. The molecule has 3 heterocycles. The van der Waals surface area contributed by atoms with E-state index >= 15 is 0 Å². The Labute approximate surface area is 134 Å². The molecule has 1 aromatic rings. The predicted octanol–water partition coefficient (Wildman–Crippen LogP) is 0.724. The van der Waals surface area contributed by atoms with Gasteiger partial charge in [-0.1, -0.05) is 0 Å². The number of fused-ring (bicyclic) bond motifs is 3. The molecule has 3 aliphatic rings. The summed E-state index contributed by atoms with van der Waals surface area (Å²) < 4.78 is 0. The van der Waals surface area contributed by atoms with Gasteiger partial charge < -0.3 is 5.32 Å². The zero-order valence-electron chi connectivity index (χ0n) is 12.9. The van der Waals surface area contributed by atoms with Crippen molar-refractivity contribution in [1.82, 2.24) is 15.1 Å². The number of nitrogens with one attached hydrogen (secondary N) is 1. The molecule has 1 unspecified atom stereocenters. The van der Waals surface area contributed by atoms with Gasteiger partial charge in [0.05, 0.1) is 4.92 Å². The second kappa shape index (κ2) is 6.89. The van der Waals surface area contributed by atoms with Gasteiger partial charge in [-0.05, 0) is 23.8 Å². The summed E-state index contributed by atoms with van der Waals surface area (Å²) in [4.78, 5) is 26.9. The van der Waals surface area contributed by atoms with Gasteiger partial charge in [-0.3, -0.25) is 24.7 Å². The number of nitrogens with zero attached hydrogens (tertiary/aromatic N) is 3. The van der Waals surface area contributed by atoms with Crippen LogP contribution in [-0.2, 0) is 4.79 Å². The maximum absolute atomic E-state index is 11.9. The van der Waals surface area contributed by atoms with Crippen LogP contribution in [0.5, 0.6) is 0 Å². The number of non-ortho nitro benzene ring substituents is 1. The van der Waals surface area contributed by atoms with E-state index in [1.54, 1.807) is 18.2 Å². The number of nitro groups is 1. The van der Waals surface area contributed by atoms with E-state index in [0.717, 1.165) is 38.3 Å². The maximum Gasteiger partial charge on any atom is 0.269 e. The van der Waals surface area contributed by atoms with Crippen molar-refractivity contribution in [3.05, 3.63) is 46.0 Å². The van der Waals surface area contributed by atoms with Gasteiger partial charge in [0.1, 0.15) is 0 Å². The number of nitro benzene ring substituents is 1. The van der Waals surface area contributed by atoms with Crippen LogP contribution < -0.4 is 5.32 Å². The van der Waals surface area contributed by atoms with Crippen molar-refractivity contribution in [2.75, 3.05) is 39.3 Å². The summed E-state index contributed by atoms with van der Waals surface area (Å²) in [5.74, 6) is -0.138. The molecular weight excluding hydrogens is 296 g/mol. The van der Waals surface area contributed by atoms with E-state index in [4.69, 9.17) is 0 Å². The fraction of sp³-hybridized carbons (Fsp3) is 0.438. The number of hydrogen-bond donors (Lipinski definition) is 1. The minimum absolute atomic E-state index is 0.0444. The molecule has 7 heteroatoms. The van der Waals surface area contributed by atoms with E-state index in [1.807, 2.05) is 0 Å². The van der Waals surface area contributed by atoms with E-state index in [0.29, 0.717) is 12.6 Å². The SMILES string of the molecule is O=C(/C=C/c1ccc([N+](=O)[O-])cc1)NCC1CN2CCN1CC2. The van der Waals surface area contributed by atoms with Gasteiger partial charge in [-0.15, -0.1) is 0 Å². The lowest BCUT2D eigenvalue weighted by molar-refractivity contribution is -0.384. The van der Waals surface area contributed by atoms with Crippen molar-refractivity contribution in [2.24, 2.45) is 0 Å². The van der Waals surface area contributed by atoms with Gasteiger partial charge in [0.25, 0.3) is 5.69 Å². The van der Waals surface area contributed by atoms with Crippen LogP contribution in [0.25, 0.3) is 6.08 Å². The van der Waals surface area contributed by atoms with Crippen molar-refractivity contribution in [3.63, 3.8) is 0 Å². The Morgan fingerprint density at radius 1 is 1.26 bits per heavy atom. The van der Waals surface area contributed by atoms with Gasteiger partial charge in [0.2, 0.25) is 5.91 Å². The molecular formula is C16H20N4O3. The normalized spacial score (nSPS) is 26.3. The molecule has 3 saturated heterocycles. The fourth-order valence-electron chi connectivity index (χ4n) is 3.07. The van der Waals surface area contributed by atoms with Crippen LogP contribution in [0.15, 0.2) is 30.3 Å². The standard InChI is InChI=1S/C16H20N4O3/c21-16(6-3-13-1-4-14(5-2-13)20(22)23)17-11-15-12-18-7-9-19(15)10-8-18/h1-6,15H,7-12H2,(H,17,21)/b6-3+. The highest BCUT2D eigenvalue weighted by Gasteiger charge is 2.31. The number of carbonyl (C=O) groups is 1. The first-order valence-electron chi connectivity index (χ1n) is 7.78. The van der Waals surface area contributed by atoms with Gasteiger partial charge in [0.15, 0.2) is 0 Å². The third-order valence-corrected chi connectivity index (χ3v) is 4.44. The lowest BCUT2D eigenvalue weighted by atomic mass is 10.1. The summed E-state index contributed by atoms with van der Waals surface area (Å²) in [7, 11) is 0. The van der Waals surface area contributed by atoms with E-state index in [9.17, 15) is 14.9 Å². The van der Waals surface area contributed by atoms with Crippen molar-refractivity contribution < 1.29 is 9.72 Å². The third-order valence-electron chi connectivity index (χ3n) is 4.44. The van der Waals surface area contributed by atoms with Gasteiger partial charge in [-0.25, -0.2) is 0 Å². The Morgan fingerprint density at radius 2 is 1.96 bits per heavy atom. The topological polar surface area (TPSA) is 78.7 Å². The summed E-state index contributed by atoms with van der Waals surface area (Å²) in [5, 5.41) is 13.5. The molecule has 7 nitrogen and oxygen atoms in total. The van der Waals surface area contributed by atoms with Crippen molar-refractivity contribution in [1.29, 1.82) is 0 Å². The van der Waals surface area contributed by atoms with E-state index in [1.165, 1.54) is 18.2 Å². The Hall–Kier alpha value is -2.25.